The monoisotopic (exact) mass is 316 g/mol. The first-order valence-corrected chi connectivity index (χ1v) is 6.98. The molecule has 5 nitrogen and oxygen atoms in total. The molecule has 0 aliphatic rings. The van der Waals surface area contributed by atoms with Gasteiger partial charge in [-0.25, -0.2) is 4.39 Å². The molecule has 1 atom stereocenters. The maximum atomic E-state index is 13.2. The van der Waals surface area contributed by atoms with Crippen LogP contribution in [0.1, 0.15) is 31.4 Å². The van der Waals surface area contributed by atoms with E-state index in [-0.39, 0.29) is 24.0 Å². The van der Waals surface area contributed by atoms with Crippen molar-refractivity contribution in [2.75, 3.05) is 13.1 Å². The third-order valence-corrected chi connectivity index (χ3v) is 3.05. The highest BCUT2D eigenvalue weighted by atomic mass is 35.5. The van der Waals surface area contributed by atoms with E-state index in [2.05, 4.69) is 10.6 Å². The Morgan fingerprint density at radius 1 is 1.33 bits per heavy atom. The van der Waals surface area contributed by atoms with Gasteiger partial charge < -0.3 is 15.7 Å². The Hall–Kier alpha value is -1.66. The zero-order valence-electron chi connectivity index (χ0n) is 11.7. The summed E-state index contributed by atoms with van der Waals surface area (Å²) in [4.78, 5) is 22.7. The molecule has 21 heavy (non-hydrogen) atoms. The van der Waals surface area contributed by atoms with Crippen molar-refractivity contribution >= 4 is 23.4 Å². The molecule has 0 spiro atoms. The number of hydrogen-bond acceptors (Lipinski definition) is 3. The lowest BCUT2D eigenvalue weighted by molar-refractivity contribution is -0.126. The van der Waals surface area contributed by atoms with E-state index < -0.39 is 17.8 Å². The highest BCUT2D eigenvalue weighted by Crippen LogP contribution is 2.19. The normalized spacial score (nSPS) is 11.8. The third kappa shape index (κ3) is 6.10. The van der Waals surface area contributed by atoms with Crippen LogP contribution in [0.2, 0.25) is 5.02 Å². The first-order valence-electron chi connectivity index (χ1n) is 6.60. The van der Waals surface area contributed by atoms with E-state index in [1.165, 1.54) is 12.1 Å². The Bertz CT molecular complexity index is 511. The van der Waals surface area contributed by atoms with Crippen LogP contribution < -0.4 is 10.6 Å². The summed E-state index contributed by atoms with van der Waals surface area (Å²) in [5, 5.41) is 14.7. The molecular formula is C14H18ClFN2O3. The SMILES string of the molecule is CCCC(=O)NCC(=O)NCC(O)c1ccc(Cl)c(F)c1. The molecule has 1 aromatic carbocycles. The number of halogens is 2. The van der Waals surface area contributed by atoms with E-state index in [0.717, 1.165) is 6.07 Å². The molecule has 0 fully saturated rings. The largest absolute Gasteiger partial charge is 0.387 e. The Kier molecular flexibility index (Phi) is 7.11. The molecule has 0 aliphatic carbocycles. The molecular weight excluding hydrogens is 299 g/mol. The van der Waals surface area contributed by atoms with Gasteiger partial charge in [-0.05, 0) is 24.1 Å². The summed E-state index contributed by atoms with van der Waals surface area (Å²) in [7, 11) is 0. The smallest absolute Gasteiger partial charge is 0.239 e. The second kappa shape index (κ2) is 8.59. The molecule has 0 saturated carbocycles. The standard InChI is InChI=1S/C14H18ClFN2O3/c1-2-3-13(20)18-8-14(21)17-7-12(19)9-4-5-10(15)11(16)6-9/h4-6,12,19H,2-3,7-8H2,1H3,(H,17,21)(H,18,20). The first-order chi connectivity index (χ1) is 9.93. The van der Waals surface area contributed by atoms with Crippen molar-refractivity contribution in [1.82, 2.24) is 10.6 Å². The number of carbonyl (C=O) groups is 2. The van der Waals surface area contributed by atoms with Crippen molar-refractivity contribution in [2.24, 2.45) is 0 Å². The second-order valence-electron chi connectivity index (χ2n) is 4.52. The lowest BCUT2D eigenvalue weighted by atomic mass is 10.1. The lowest BCUT2D eigenvalue weighted by Crippen LogP contribution is -2.38. The van der Waals surface area contributed by atoms with Crippen LogP contribution in [0.5, 0.6) is 0 Å². The third-order valence-electron chi connectivity index (χ3n) is 2.74. The molecule has 3 N–H and O–H groups in total. The fourth-order valence-electron chi connectivity index (χ4n) is 1.60. The molecule has 1 unspecified atom stereocenters. The van der Waals surface area contributed by atoms with Crippen molar-refractivity contribution in [2.45, 2.75) is 25.9 Å². The number of benzene rings is 1. The minimum Gasteiger partial charge on any atom is -0.387 e. The molecule has 7 heteroatoms. The van der Waals surface area contributed by atoms with Crippen molar-refractivity contribution < 1.29 is 19.1 Å². The Morgan fingerprint density at radius 2 is 2.05 bits per heavy atom. The van der Waals surface area contributed by atoms with E-state index in [0.29, 0.717) is 18.4 Å². The minimum absolute atomic E-state index is 0.0337. The van der Waals surface area contributed by atoms with Crippen LogP contribution in [-0.4, -0.2) is 30.0 Å². The number of rotatable bonds is 7. The van der Waals surface area contributed by atoms with Gasteiger partial charge in [0.1, 0.15) is 5.82 Å². The molecule has 2 amide bonds. The molecule has 1 aromatic rings. The second-order valence-corrected chi connectivity index (χ2v) is 4.93. The molecule has 0 heterocycles. The lowest BCUT2D eigenvalue weighted by Gasteiger charge is -2.13. The summed E-state index contributed by atoms with van der Waals surface area (Å²) in [6.07, 6.45) is 0.0147. The summed E-state index contributed by atoms with van der Waals surface area (Å²) >= 11 is 5.54. The number of aliphatic hydroxyl groups excluding tert-OH is 1. The number of nitrogens with one attached hydrogen (secondary N) is 2. The van der Waals surface area contributed by atoms with Crippen LogP contribution in [0, 0.1) is 5.82 Å². The fraction of sp³-hybridized carbons (Fsp3) is 0.429. The van der Waals surface area contributed by atoms with E-state index in [1.54, 1.807) is 0 Å². The minimum atomic E-state index is -1.05. The fourth-order valence-corrected chi connectivity index (χ4v) is 1.72. The molecule has 1 rings (SSSR count). The highest BCUT2D eigenvalue weighted by molar-refractivity contribution is 6.30. The summed E-state index contributed by atoms with van der Waals surface area (Å²) in [5.41, 5.74) is 0.312. The summed E-state index contributed by atoms with van der Waals surface area (Å²) in [5.74, 6) is -1.26. The summed E-state index contributed by atoms with van der Waals surface area (Å²) < 4.78 is 13.2. The Balaban J connectivity index is 2.38. The van der Waals surface area contributed by atoms with E-state index in [9.17, 15) is 19.1 Å². The predicted molar refractivity (Wildman–Crippen MR) is 77.3 cm³/mol. The maximum absolute atomic E-state index is 13.2. The average Bonchev–Trinajstić information content (AvgIpc) is 2.45. The van der Waals surface area contributed by atoms with E-state index in [4.69, 9.17) is 11.6 Å². The topological polar surface area (TPSA) is 78.4 Å². The molecule has 0 aromatic heterocycles. The molecule has 116 valence electrons. The number of aliphatic hydroxyl groups is 1. The van der Waals surface area contributed by atoms with Gasteiger partial charge in [-0.3, -0.25) is 9.59 Å². The summed E-state index contributed by atoms with van der Waals surface area (Å²) in [6.45, 7) is 1.63. The Morgan fingerprint density at radius 3 is 2.67 bits per heavy atom. The zero-order valence-corrected chi connectivity index (χ0v) is 12.4. The van der Waals surface area contributed by atoms with Crippen molar-refractivity contribution in [3.8, 4) is 0 Å². The van der Waals surface area contributed by atoms with Crippen molar-refractivity contribution in [3.63, 3.8) is 0 Å². The number of hydrogen-bond donors (Lipinski definition) is 3. The van der Waals surface area contributed by atoms with Crippen LogP contribution in [0.4, 0.5) is 4.39 Å². The van der Waals surface area contributed by atoms with Crippen LogP contribution in [0.15, 0.2) is 18.2 Å². The Labute approximate surface area is 127 Å². The maximum Gasteiger partial charge on any atom is 0.239 e. The number of amides is 2. The van der Waals surface area contributed by atoms with Crippen LogP contribution >= 0.6 is 11.6 Å². The van der Waals surface area contributed by atoms with Crippen molar-refractivity contribution in [3.05, 3.63) is 34.6 Å². The van der Waals surface area contributed by atoms with Crippen LogP contribution in [-0.2, 0) is 9.59 Å². The zero-order chi connectivity index (χ0) is 15.8. The van der Waals surface area contributed by atoms with Gasteiger partial charge in [-0.15, -0.1) is 0 Å². The predicted octanol–water partition coefficient (Wildman–Crippen LogP) is 1.54. The molecule has 0 radical (unpaired) electrons. The van der Waals surface area contributed by atoms with E-state index in [1.807, 2.05) is 6.92 Å². The van der Waals surface area contributed by atoms with Gasteiger partial charge in [0, 0.05) is 13.0 Å². The van der Waals surface area contributed by atoms with Crippen LogP contribution in [0.3, 0.4) is 0 Å². The van der Waals surface area contributed by atoms with Gasteiger partial charge >= 0.3 is 0 Å². The first kappa shape index (κ1) is 17.4. The van der Waals surface area contributed by atoms with E-state index >= 15 is 0 Å². The van der Waals surface area contributed by atoms with Gasteiger partial charge in [0.05, 0.1) is 17.7 Å². The van der Waals surface area contributed by atoms with Gasteiger partial charge in [0.15, 0.2) is 0 Å². The quantitative estimate of drug-likeness (QED) is 0.714. The van der Waals surface area contributed by atoms with Crippen LogP contribution in [0.25, 0.3) is 0 Å². The van der Waals surface area contributed by atoms with Gasteiger partial charge in [-0.1, -0.05) is 24.6 Å². The highest BCUT2D eigenvalue weighted by Gasteiger charge is 2.12. The van der Waals surface area contributed by atoms with Gasteiger partial charge in [0.2, 0.25) is 11.8 Å². The number of carbonyl (C=O) groups excluding carboxylic acids is 2. The van der Waals surface area contributed by atoms with Gasteiger partial charge in [-0.2, -0.15) is 0 Å². The van der Waals surface area contributed by atoms with Crippen molar-refractivity contribution in [1.29, 1.82) is 0 Å². The molecule has 0 saturated heterocycles. The van der Waals surface area contributed by atoms with Gasteiger partial charge in [0.25, 0.3) is 0 Å². The molecule has 0 bridgehead atoms. The average molecular weight is 317 g/mol. The summed E-state index contributed by atoms with van der Waals surface area (Å²) in [6, 6.07) is 3.93. The molecule has 0 aliphatic heterocycles.